The van der Waals surface area contributed by atoms with E-state index in [0.717, 1.165) is 16.4 Å². The van der Waals surface area contributed by atoms with Crippen molar-refractivity contribution in [2.75, 3.05) is 13.6 Å². The van der Waals surface area contributed by atoms with E-state index in [0.29, 0.717) is 5.56 Å². The minimum Gasteiger partial charge on any atom is -0.350 e. The highest BCUT2D eigenvalue weighted by Gasteiger charge is 2.22. The molecule has 2 amide bonds. The third kappa shape index (κ3) is 4.06. The van der Waals surface area contributed by atoms with E-state index >= 15 is 0 Å². The number of carbonyl (C=O) groups is 2. The summed E-state index contributed by atoms with van der Waals surface area (Å²) in [7, 11) is 1.65. The molecule has 0 spiro atoms. The second kappa shape index (κ2) is 6.81. The Balaban J connectivity index is 2.20. The van der Waals surface area contributed by atoms with Crippen LogP contribution in [0.2, 0.25) is 0 Å². The largest absolute Gasteiger partial charge is 0.350 e. The van der Waals surface area contributed by atoms with Gasteiger partial charge in [-0.1, -0.05) is 0 Å². The lowest BCUT2D eigenvalue weighted by Gasteiger charge is -2.23. The first kappa shape index (κ1) is 18.3. The Morgan fingerprint density at radius 3 is 2.29 bits per heavy atom. The average molecular weight is 347 g/mol. The lowest BCUT2D eigenvalue weighted by atomic mass is 10.1. The van der Waals surface area contributed by atoms with Crippen molar-refractivity contribution in [1.29, 1.82) is 0 Å². The van der Waals surface area contributed by atoms with Crippen molar-refractivity contribution in [1.82, 2.24) is 14.8 Å². The predicted molar refractivity (Wildman–Crippen MR) is 98.0 cm³/mol. The van der Waals surface area contributed by atoms with Gasteiger partial charge in [-0.3, -0.25) is 9.59 Å². The van der Waals surface area contributed by atoms with Crippen LogP contribution in [0.1, 0.15) is 42.5 Å². The summed E-state index contributed by atoms with van der Waals surface area (Å²) >= 11 is 1.53. The molecule has 0 atom stereocenters. The summed E-state index contributed by atoms with van der Waals surface area (Å²) in [4.78, 5) is 26.3. The summed E-state index contributed by atoms with van der Waals surface area (Å²) < 4.78 is 2.07. The van der Waals surface area contributed by atoms with Crippen LogP contribution in [0.25, 0.3) is 5.00 Å². The molecule has 0 aliphatic carbocycles. The second-order valence-electron chi connectivity index (χ2n) is 7.05. The van der Waals surface area contributed by atoms with Gasteiger partial charge >= 0.3 is 0 Å². The van der Waals surface area contributed by atoms with Crippen LogP contribution < -0.4 is 5.32 Å². The fourth-order valence-corrected chi connectivity index (χ4v) is 3.59. The van der Waals surface area contributed by atoms with E-state index in [1.165, 1.54) is 16.2 Å². The number of hydrogen-bond donors (Lipinski definition) is 1. The quantitative estimate of drug-likeness (QED) is 0.924. The van der Waals surface area contributed by atoms with E-state index in [9.17, 15) is 9.59 Å². The first-order valence-electron chi connectivity index (χ1n) is 7.89. The minimum absolute atomic E-state index is 0.0367. The van der Waals surface area contributed by atoms with Crippen LogP contribution in [0.3, 0.4) is 0 Å². The molecule has 0 bridgehead atoms. The molecule has 0 aromatic carbocycles. The standard InChI is InChI=1S/C18H25N3O2S/c1-12-7-8-13(2)21(12)17-14(9-10-24-17)16(23)20(6)11-15(22)19-18(3,4)5/h7-10H,11H2,1-6H3,(H,19,22). The van der Waals surface area contributed by atoms with Crippen LogP contribution in [0, 0.1) is 13.8 Å². The molecule has 0 saturated heterocycles. The van der Waals surface area contributed by atoms with Crippen molar-refractivity contribution in [2.24, 2.45) is 0 Å². The van der Waals surface area contributed by atoms with Gasteiger partial charge in [-0.2, -0.15) is 0 Å². The first-order chi connectivity index (χ1) is 11.1. The molecular weight excluding hydrogens is 322 g/mol. The number of rotatable bonds is 4. The Morgan fingerprint density at radius 1 is 1.17 bits per heavy atom. The van der Waals surface area contributed by atoms with Crippen LogP contribution in [0.4, 0.5) is 0 Å². The van der Waals surface area contributed by atoms with Crippen molar-refractivity contribution in [3.05, 3.63) is 40.5 Å². The van der Waals surface area contributed by atoms with Gasteiger partial charge in [0.25, 0.3) is 5.91 Å². The van der Waals surface area contributed by atoms with Crippen LogP contribution in [0.5, 0.6) is 0 Å². The first-order valence-corrected chi connectivity index (χ1v) is 8.77. The third-order valence-corrected chi connectivity index (χ3v) is 4.49. The van der Waals surface area contributed by atoms with Gasteiger partial charge in [0.15, 0.2) is 0 Å². The van der Waals surface area contributed by atoms with E-state index in [2.05, 4.69) is 9.88 Å². The van der Waals surface area contributed by atoms with Crippen LogP contribution in [0.15, 0.2) is 23.6 Å². The number of nitrogens with zero attached hydrogens (tertiary/aromatic N) is 2. The van der Waals surface area contributed by atoms with E-state index in [1.54, 1.807) is 7.05 Å². The zero-order valence-corrected chi connectivity index (χ0v) is 16.0. The van der Waals surface area contributed by atoms with Crippen LogP contribution >= 0.6 is 11.3 Å². The van der Waals surface area contributed by atoms with Gasteiger partial charge in [0.05, 0.1) is 12.1 Å². The number of likely N-dealkylation sites (N-methyl/N-ethyl adjacent to an activating group) is 1. The molecule has 1 N–H and O–H groups in total. The zero-order chi connectivity index (χ0) is 18.1. The number of thiophene rings is 1. The lowest BCUT2D eigenvalue weighted by Crippen LogP contribution is -2.46. The van der Waals surface area contributed by atoms with Crippen molar-refractivity contribution < 1.29 is 9.59 Å². The Hall–Kier alpha value is -2.08. The average Bonchev–Trinajstić information content (AvgIpc) is 3.02. The second-order valence-corrected chi connectivity index (χ2v) is 7.94. The smallest absolute Gasteiger partial charge is 0.257 e. The summed E-state index contributed by atoms with van der Waals surface area (Å²) in [5, 5.41) is 5.67. The van der Waals surface area contributed by atoms with Crippen molar-refractivity contribution in [3.63, 3.8) is 0 Å². The topological polar surface area (TPSA) is 54.3 Å². The molecule has 2 aromatic rings. The maximum absolute atomic E-state index is 12.8. The number of aryl methyl sites for hydroxylation is 2. The fraction of sp³-hybridized carbons (Fsp3) is 0.444. The highest BCUT2D eigenvalue weighted by atomic mass is 32.1. The Morgan fingerprint density at radius 2 is 1.75 bits per heavy atom. The van der Waals surface area contributed by atoms with Crippen molar-refractivity contribution in [2.45, 2.75) is 40.2 Å². The predicted octanol–water partition coefficient (Wildman–Crippen LogP) is 3.14. The molecule has 2 aromatic heterocycles. The van der Waals surface area contributed by atoms with E-state index < -0.39 is 0 Å². The molecule has 6 heteroatoms. The van der Waals surface area contributed by atoms with Gasteiger partial charge in [0, 0.05) is 24.0 Å². The number of nitrogens with one attached hydrogen (secondary N) is 1. The van der Waals surface area contributed by atoms with Gasteiger partial charge in [-0.25, -0.2) is 0 Å². The Kier molecular flexibility index (Phi) is 5.18. The number of aromatic nitrogens is 1. The molecule has 2 rings (SSSR count). The number of carbonyl (C=O) groups excluding carboxylic acids is 2. The van der Waals surface area contributed by atoms with Gasteiger partial charge < -0.3 is 14.8 Å². The molecule has 0 radical (unpaired) electrons. The molecule has 5 nitrogen and oxygen atoms in total. The lowest BCUT2D eigenvalue weighted by molar-refractivity contribution is -0.122. The summed E-state index contributed by atoms with van der Waals surface area (Å²) in [6.45, 7) is 9.82. The molecule has 130 valence electrons. The fourth-order valence-electron chi connectivity index (χ4n) is 2.58. The maximum atomic E-state index is 12.8. The Labute approximate surface area is 147 Å². The van der Waals surface area contributed by atoms with Crippen LogP contribution in [-0.2, 0) is 4.79 Å². The summed E-state index contributed by atoms with van der Waals surface area (Å²) in [5.74, 6) is -0.314. The van der Waals surface area contributed by atoms with Crippen molar-refractivity contribution >= 4 is 23.2 Å². The van der Waals surface area contributed by atoms with E-state index in [4.69, 9.17) is 0 Å². The zero-order valence-electron chi connectivity index (χ0n) is 15.1. The molecule has 0 aliphatic heterocycles. The van der Waals surface area contributed by atoms with Crippen molar-refractivity contribution in [3.8, 4) is 5.00 Å². The van der Waals surface area contributed by atoms with E-state index in [1.807, 2.05) is 58.2 Å². The molecule has 0 aliphatic rings. The number of amides is 2. The number of hydrogen-bond acceptors (Lipinski definition) is 3. The van der Waals surface area contributed by atoms with Gasteiger partial charge in [0.1, 0.15) is 5.00 Å². The Bertz CT molecular complexity index is 733. The van der Waals surface area contributed by atoms with Crippen LogP contribution in [-0.4, -0.2) is 40.4 Å². The molecule has 2 heterocycles. The van der Waals surface area contributed by atoms with Gasteiger partial charge in [0.2, 0.25) is 5.91 Å². The monoisotopic (exact) mass is 347 g/mol. The molecule has 0 saturated carbocycles. The minimum atomic E-state index is -0.312. The molecule has 0 fully saturated rings. The maximum Gasteiger partial charge on any atom is 0.257 e. The molecule has 0 unspecified atom stereocenters. The van der Waals surface area contributed by atoms with E-state index in [-0.39, 0.29) is 23.9 Å². The van der Waals surface area contributed by atoms with Gasteiger partial charge in [-0.05, 0) is 58.2 Å². The SMILES string of the molecule is Cc1ccc(C)n1-c1sccc1C(=O)N(C)CC(=O)NC(C)(C)C. The highest BCUT2D eigenvalue weighted by Crippen LogP contribution is 2.26. The highest BCUT2D eigenvalue weighted by molar-refractivity contribution is 7.13. The summed E-state index contributed by atoms with van der Waals surface area (Å²) in [5.41, 5.74) is 2.47. The van der Waals surface area contributed by atoms with Gasteiger partial charge in [-0.15, -0.1) is 11.3 Å². The third-order valence-electron chi connectivity index (χ3n) is 3.59. The molecule has 24 heavy (non-hydrogen) atoms. The summed E-state index contributed by atoms with van der Waals surface area (Å²) in [6, 6.07) is 5.88. The normalized spacial score (nSPS) is 11.4. The summed E-state index contributed by atoms with van der Waals surface area (Å²) in [6.07, 6.45) is 0. The molecular formula is C18H25N3O2S.